The average Bonchev–Trinajstić information content (AvgIpc) is 2.96. The molecule has 3 aromatic rings. The van der Waals surface area contributed by atoms with Crippen LogP contribution in [-0.2, 0) is 9.59 Å². The number of nitrogens with zero attached hydrogens (tertiary/aromatic N) is 4. The SMILES string of the molecule is CC(C(=O)O)C1CN(CCC(=O)Nc2cc(N3CCOc4cnc(-c5cc(Cl)ccc5F)cc43)ccn2)CCN1. The van der Waals surface area contributed by atoms with Crippen molar-refractivity contribution in [2.75, 3.05) is 49.5 Å². The number of piperazine rings is 1. The van der Waals surface area contributed by atoms with Gasteiger partial charge in [0.1, 0.15) is 18.2 Å². The van der Waals surface area contributed by atoms with Crippen molar-refractivity contribution in [2.24, 2.45) is 5.92 Å². The van der Waals surface area contributed by atoms with E-state index in [9.17, 15) is 19.1 Å². The number of fused-ring (bicyclic) bond motifs is 1. The van der Waals surface area contributed by atoms with Gasteiger partial charge in [-0.2, -0.15) is 0 Å². The van der Waals surface area contributed by atoms with Crippen molar-refractivity contribution in [3.05, 3.63) is 59.6 Å². The molecule has 2 aliphatic heterocycles. The third-order valence-corrected chi connectivity index (χ3v) is 7.41. The largest absolute Gasteiger partial charge is 0.488 e. The molecule has 1 saturated heterocycles. The number of ether oxygens (including phenoxy) is 1. The molecule has 2 unspecified atom stereocenters. The zero-order valence-electron chi connectivity index (χ0n) is 21.9. The van der Waals surface area contributed by atoms with Crippen LogP contribution in [0.5, 0.6) is 5.75 Å². The van der Waals surface area contributed by atoms with Gasteiger partial charge in [-0.15, -0.1) is 0 Å². The molecular weight excluding hydrogens is 539 g/mol. The zero-order valence-corrected chi connectivity index (χ0v) is 22.7. The molecule has 0 radical (unpaired) electrons. The summed E-state index contributed by atoms with van der Waals surface area (Å²) < 4.78 is 20.3. The minimum absolute atomic E-state index is 0.157. The molecule has 2 aromatic heterocycles. The third kappa shape index (κ3) is 6.33. The van der Waals surface area contributed by atoms with Gasteiger partial charge in [0, 0.05) is 67.2 Å². The van der Waals surface area contributed by atoms with E-state index in [1.807, 2.05) is 11.0 Å². The Kier molecular flexibility index (Phi) is 8.43. The van der Waals surface area contributed by atoms with Gasteiger partial charge >= 0.3 is 5.97 Å². The number of carbonyl (C=O) groups excluding carboxylic acids is 1. The van der Waals surface area contributed by atoms with Crippen molar-refractivity contribution in [1.82, 2.24) is 20.2 Å². The van der Waals surface area contributed by atoms with Crippen molar-refractivity contribution in [3.8, 4) is 17.0 Å². The van der Waals surface area contributed by atoms with Gasteiger partial charge in [-0.05, 0) is 30.3 Å². The number of hydrogen-bond acceptors (Lipinski definition) is 8. The second-order valence-electron chi connectivity index (χ2n) is 9.85. The van der Waals surface area contributed by atoms with Crippen LogP contribution in [0.2, 0.25) is 5.02 Å². The number of halogens is 2. The summed E-state index contributed by atoms with van der Waals surface area (Å²) >= 11 is 6.09. The quantitative estimate of drug-likeness (QED) is 0.373. The lowest BCUT2D eigenvalue weighted by molar-refractivity contribution is -0.142. The zero-order chi connectivity index (χ0) is 28.2. The van der Waals surface area contributed by atoms with E-state index in [0.29, 0.717) is 60.8 Å². The van der Waals surface area contributed by atoms with Crippen LogP contribution in [0.15, 0.2) is 48.8 Å². The summed E-state index contributed by atoms with van der Waals surface area (Å²) in [6, 6.07) is 9.54. The van der Waals surface area contributed by atoms with E-state index in [0.717, 1.165) is 12.2 Å². The van der Waals surface area contributed by atoms with Gasteiger partial charge < -0.3 is 25.4 Å². The van der Waals surface area contributed by atoms with Crippen LogP contribution in [0.25, 0.3) is 11.3 Å². The maximum Gasteiger partial charge on any atom is 0.307 e. The Morgan fingerprint density at radius 3 is 2.92 bits per heavy atom. The topological polar surface area (TPSA) is 120 Å². The van der Waals surface area contributed by atoms with Gasteiger partial charge in [-0.3, -0.25) is 19.5 Å². The second-order valence-corrected chi connectivity index (χ2v) is 10.3. The van der Waals surface area contributed by atoms with Crippen LogP contribution in [0.4, 0.5) is 21.6 Å². The fraction of sp³-hybridized carbons (Fsp3) is 0.357. The van der Waals surface area contributed by atoms with Crippen LogP contribution < -0.4 is 20.3 Å². The number of amides is 1. The predicted molar refractivity (Wildman–Crippen MR) is 150 cm³/mol. The summed E-state index contributed by atoms with van der Waals surface area (Å²) in [6.45, 7) is 5.16. The van der Waals surface area contributed by atoms with E-state index >= 15 is 0 Å². The molecule has 2 aliphatic rings. The van der Waals surface area contributed by atoms with Crippen molar-refractivity contribution >= 4 is 40.7 Å². The lowest BCUT2D eigenvalue weighted by Gasteiger charge is -2.35. The number of nitrogens with one attached hydrogen (secondary N) is 2. The number of rotatable bonds is 8. The highest BCUT2D eigenvalue weighted by molar-refractivity contribution is 6.30. The lowest BCUT2D eigenvalue weighted by atomic mass is 10.00. The number of carboxylic acid groups (broad SMARTS) is 1. The van der Waals surface area contributed by atoms with Crippen LogP contribution in [0.3, 0.4) is 0 Å². The molecular formula is C28H30ClFN6O4. The van der Waals surface area contributed by atoms with Crippen LogP contribution in [-0.4, -0.2) is 77.2 Å². The highest BCUT2D eigenvalue weighted by atomic mass is 35.5. The van der Waals surface area contributed by atoms with Gasteiger partial charge in [-0.25, -0.2) is 9.37 Å². The fourth-order valence-corrected chi connectivity index (χ4v) is 5.08. The minimum atomic E-state index is -0.838. The minimum Gasteiger partial charge on any atom is -0.488 e. The average molecular weight is 569 g/mol. The summed E-state index contributed by atoms with van der Waals surface area (Å²) in [5.74, 6) is -0.992. The number of aromatic nitrogens is 2. The van der Waals surface area contributed by atoms with Gasteiger partial charge in [0.15, 0.2) is 5.75 Å². The van der Waals surface area contributed by atoms with E-state index in [1.54, 1.807) is 31.5 Å². The summed E-state index contributed by atoms with van der Waals surface area (Å²) in [4.78, 5) is 36.9. The molecule has 0 aliphatic carbocycles. The van der Waals surface area contributed by atoms with Crippen LogP contribution in [0, 0.1) is 11.7 Å². The molecule has 1 fully saturated rings. The fourth-order valence-electron chi connectivity index (χ4n) is 4.90. The number of benzene rings is 1. The molecule has 0 saturated carbocycles. The van der Waals surface area contributed by atoms with E-state index < -0.39 is 17.7 Å². The number of anilines is 3. The molecule has 1 aromatic carbocycles. The second kappa shape index (κ2) is 12.2. The molecule has 0 bridgehead atoms. The van der Waals surface area contributed by atoms with E-state index in [4.69, 9.17) is 16.3 Å². The van der Waals surface area contributed by atoms with Crippen molar-refractivity contribution in [1.29, 1.82) is 0 Å². The van der Waals surface area contributed by atoms with Crippen molar-refractivity contribution < 1.29 is 23.8 Å². The highest BCUT2D eigenvalue weighted by Crippen LogP contribution is 2.39. The molecule has 0 spiro atoms. The monoisotopic (exact) mass is 568 g/mol. The molecule has 1 amide bonds. The number of carbonyl (C=O) groups is 2. The Bertz CT molecular complexity index is 1410. The van der Waals surface area contributed by atoms with E-state index in [1.165, 1.54) is 18.2 Å². The number of aliphatic carboxylic acids is 1. The standard InChI is InChI=1S/C28H30ClFN6O4/c1-17(28(38)39)23-16-35(9-7-31-23)8-5-27(37)34-26-13-19(4-6-32-26)36-10-11-40-25-15-33-22(14-24(25)36)20-12-18(29)2-3-21(20)30/h2-4,6,12-15,17,23,31H,5,7-11,16H2,1H3,(H,38,39)(H,32,34,37). The van der Waals surface area contributed by atoms with E-state index in [2.05, 4.69) is 25.5 Å². The van der Waals surface area contributed by atoms with Gasteiger partial charge in [0.05, 0.1) is 30.0 Å². The normalized spacial score (nSPS) is 18.0. The summed E-state index contributed by atoms with van der Waals surface area (Å²) in [7, 11) is 0. The molecule has 2 atom stereocenters. The number of hydrogen-bond donors (Lipinski definition) is 3. The van der Waals surface area contributed by atoms with Crippen LogP contribution in [0.1, 0.15) is 13.3 Å². The first-order chi connectivity index (χ1) is 19.3. The predicted octanol–water partition coefficient (Wildman–Crippen LogP) is 3.79. The first-order valence-corrected chi connectivity index (χ1v) is 13.5. The lowest BCUT2D eigenvalue weighted by Crippen LogP contribution is -2.54. The number of pyridine rings is 2. The molecule has 5 rings (SSSR count). The number of carboxylic acids is 1. The van der Waals surface area contributed by atoms with Gasteiger partial charge in [0.25, 0.3) is 0 Å². The molecule has 4 heterocycles. The van der Waals surface area contributed by atoms with Crippen molar-refractivity contribution in [2.45, 2.75) is 19.4 Å². The van der Waals surface area contributed by atoms with Gasteiger partial charge in [-0.1, -0.05) is 18.5 Å². The molecule has 3 N–H and O–H groups in total. The van der Waals surface area contributed by atoms with Crippen LogP contribution >= 0.6 is 11.6 Å². The highest BCUT2D eigenvalue weighted by Gasteiger charge is 2.28. The molecule has 210 valence electrons. The van der Waals surface area contributed by atoms with Crippen molar-refractivity contribution in [3.63, 3.8) is 0 Å². The summed E-state index contributed by atoms with van der Waals surface area (Å²) in [5, 5.41) is 15.8. The smallest absolute Gasteiger partial charge is 0.307 e. The summed E-state index contributed by atoms with van der Waals surface area (Å²) in [6.07, 6.45) is 3.44. The Balaban J connectivity index is 1.26. The Hall–Kier alpha value is -3.80. The molecule has 12 heteroatoms. The van der Waals surface area contributed by atoms with Gasteiger partial charge in [0.2, 0.25) is 5.91 Å². The Morgan fingerprint density at radius 2 is 2.10 bits per heavy atom. The van der Waals surface area contributed by atoms with E-state index in [-0.39, 0.29) is 23.9 Å². The third-order valence-electron chi connectivity index (χ3n) is 7.17. The molecule has 10 nitrogen and oxygen atoms in total. The Morgan fingerprint density at radius 1 is 1.25 bits per heavy atom. The maximum atomic E-state index is 14.5. The molecule has 40 heavy (non-hydrogen) atoms. The maximum absolute atomic E-state index is 14.5. The first-order valence-electron chi connectivity index (χ1n) is 13.1. The first kappa shape index (κ1) is 27.8. The summed E-state index contributed by atoms with van der Waals surface area (Å²) in [5.41, 5.74) is 2.20. The Labute approximate surface area is 236 Å².